The van der Waals surface area contributed by atoms with Crippen LogP contribution in [0.2, 0.25) is 0 Å². The number of para-hydroxylation sites is 1. The lowest BCUT2D eigenvalue weighted by molar-refractivity contribution is 0.919. The number of thiazole rings is 1. The molecule has 1 fully saturated rings. The Balaban J connectivity index is 1.58. The highest BCUT2D eigenvalue weighted by molar-refractivity contribution is 7.80. The van der Waals surface area contributed by atoms with Crippen molar-refractivity contribution in [3.63, 3.8) is 0 Å². The number of hydrogen-bond donors (Lipinski definition) is 2. The molecule has 2 N–H and O–H groups in total. The Morgan fingerprint density at radius 3 is 2.82 bits per heavy atom. The van der Waals surface area contributed by atoms with Crippen LogP contribution in [-0.4, -0.2) is 16.1 Å². The first-order valence-corrected chi connectivity index (χ1v) is 8.54. The monoisotopic (exact) mass is 325 g/mol. The molecule has 22 heavy (non-hydrogen) atoms. The standard InChI is InChI=1S/C17H15N3S2/c21-17(18-12-8-9-12)19-13-5-3-4-11(10-13)16-20-14-6-1-2-7-15(14)22-16/h1-7,10,12H,8-9H2,(H2,18,19,21). The molecule has 2 aromatic carbocycles. The fraction of sp³-hybridized carbons (Fsp3) is 0.176. The van der Waals surface area contributed by atoms with Gasteiger partial charge in [0.2, 0.25) is 0 Å². The van der Waals surface area contributed by atoms with E-state index in [-0.39, 0.29) is 0 Å². The van der Waals surface area contributed by atoms with Crippen LogP contribution in [0.15, 0.2) is 48.5 Å². The minimum absolute atomic E-state index is 0.562. The van der Waals surface area contributed by atoms with Crippen LogP contribution >= 0.6 is 23.6 Å². The number of nitrogens with zero attached hydrogens (tertiary/aromatic N) is 1. The molecule has 5 heteroatoms. The first-order chi connectivity index (χ1) is 10.8. The highest BCUT2D eigenvalue weighted by atomic mass is 32.1. The van der Waals surface area contributed by atoms with Crippen molar-refractivity contribution in [3.05, 3.63) is 48.5 Å². The van der Waals surface area contributed by atoms with E-state index in [1.54, 1.807) is 11.3 Å². The lowest BCUT2D eigenvalue weighted by Crippen LogP contribution is -2.30. The van der Waals surface area contributed by atoms with Crippen LogP contribution in [0.3, 0.4) is 0 Å². The molecule has 0 amide bonds. The summed E-state index contributed by atoms with van der Waals surface area (Å²) in [6.45, 7) is 0. The summed E-state index contributed by atoms with van der Waals surface area (Å²) >= 11 is 7.04. The van der Waals surface area contributed by atoms with Crippen LogP contribution in [0, 0.1) is 0 Å². The van der Waals surface area contributed by atoms with Gasteiger partial charge in [-0.3, -0.25) is 0 Å². The fourth-order valence-electron chi connectivity index (χ4n) is 2.31. The molecule has 110 valence electrons. The van der Waals surface area contributed by atoms with Gasteiger partial charge in [-0.25, -0.2) is 4.98 Å². The molecule has 1 saturated carbocycles. The molecule has 1 aliphatic rings. The van der Waals surface area contributed by atoms with Crippen molar-refractivity contribution in [1.82, 2.24) is 10.3 Å². The molecular formula is C17H15N3S2. The summed E-state index contributed by atoms with van der Waals surface area (Å²) in [4.78, 5) is 4.70. The van der Waals surface area contributed by atoms with Crippen LogP contribution in [-0.2, 0) is 0 Å². The van der Waals surface area contributed by atoms with E-state index in [9.17, 15) is 0 Å². The smallest absolute Gasteiger partial charge is 0.170 e. The Labute approximate surface area is 138 Å². The quantitative estimate of drug-likeness (QED) is 0.699. The molecule has 1 aromatic heterocycles. The first-order valence-electron chi connectivity index (χ1n) is 7.31. The minimum atomic E-state index is 0.562. The molecule has 3 nitrogen and oxygen atoms in total. The lowest BCUT2D eigenvalue weighted by atomic mass is 10.2. The number of aromatic nitrogens is 1. The van der Waals surface area contributed by atoms with Gasteiger partial charge >= 0.3 is 0 Å². The highest BCUT2D eigenvalue weighted by Gasteiger charge is 2.21. The number of thiocarbonyl (C=S) groups is 1. The van der Waals surface area contributed by atoms with Crippen molar-refractivity contribution in [2.75, 3.05) is 5.32 Å². The van der Waals surface area contributed by atoms with Gasteiger partial charge in [-0.2, -0.15) is 0 Å². The fourth-order valence-corrected chi connectivity index (χ4v) is 3.55. The maximum atomic E-state index is 5.33. The average Bonchev–Trinajstić information content (AvgIpc) is 3.22. The predicted octanol–water partition coefficient (Wildman–Crippen LogP) is 4.41. The van der Waals surface area contributed by atoms with E-state index < -0.39 is 0 Å². The normalized spacial score (nSPS) is 14.0. The van der Waals surface area contributed by atoms with Crippen LogP contribution in [0.25, 0.3) is 20.8 Å². The Morgan fingerprint density at radius 2 is 2.00 bits per heavy atom. The van der Waals surface area contributed by atoms with E-state index in [2.05, 4.69) is 28.8 Å². The summed E-state index contributed by atoms with van der Waals surface area (Å²) in [5.74, 6) is 0. The molecule has 0 bridgehead atoms. The number of benzene rings is 2. The molecular weight excluding hydrogens is 310 g/mol. The summed E-state index contributed by atoms with van der Waals surface area (Å²) in [6.07, 6.45) is 2.43. The van der Waals surface area contributed by atoms with Crippen LogP contribution in [0.1, 0.15) is 12.8 Å². The third-order valence-corrected chi connectivity index (χ3v) is 4.88. The van der Waals surface area contributed by atoms with Crippen LogP contribution in [0.4, 0.5) is 5.69 Å². The van der Waals surface area contributed by atoms with E-state index in [1.807, 2.05) is 30.3 Å². The van der Waals surface area contributed by atoms with E-state index in [1.165, 1.54) is 17.5 Å². The molecule has 1 aliphatic carbocycles. The summed E-state index contributed by atoms with van der Waals surface area (Å²) in [7, 11) is 0. The van der Waals surface area contributed by atoms with Crippen molar-refractivity contribution in [2.45, 2.75) is 18.9 Å². The highest BCUT2D eigenvalue weighted by Crippen LogP contribution is 2.31. The third kappa shape index (κ3) is 2.96. The zero-order valence-corrected chi connectivity index (χ0v) is 13.5. The lowest BCUT2D eigenvalue weighted by Gasteiger charge is -2.10. The van der Waals surface area contributed by atoms with Gasteiger partial charge in [-0.15, -0.1) is 11.3 Å². The number of fused-ring (bicyclic) bond motifs is 1. The Hall–Kier alpha value is -1.98. The number of hydrogen-bond acceptors (Lipinski definition) is 3. The minimum Gasteiger partial charge on any atom is -0.360 e. The van der Waals surface area contributed by atoms with Crippen molar-refractivity contribution in [1.29, 1.82) is 0 Å². The summed E-state index contributed by atoms with van der Waals surface area (Å²) in [5, 5.41) is 8.28. The van der Waals surface area contributed by atoms with Gasteiger partial charge in [0.05, 0.1) is 10.2 Å². The molecule has 3 aromatic rings. The van der Waals surface area contributed by atoms with Gasteiger partial charge in [0.15, 0.2) is 5.11 Å². The molecule has 0 atom stereocenters. The zero-order chi connectivity index (χ0) is 14.9. The Kier molecular flexibility index (Phi) is 3.52. The van der Waals surface area contributed by atoms with Gasteiger partial charge in [0.1, 0.15) is 5.01 Å². The molecule has 0 aliphatic heterocycles. The van der Waals surface area contributed by atoms with E-state index in [0.717, 1.165) is 21.8 Å². The Bertz CT molecular complexity index is 804. The molecule has 0 saturated heterocycles. The second-order valence-electron chi connectivity index (χ2n) is 5.44. The maximum absolute atomic E-state index is 5.33. The van der Waals surface area contributed by atoms with Gasteiger partial charge < -0.3 is 10.6 Å². The molecule has 0 unspecified atom stereocenters. The zero-order valence-electron chi connectivity index (χ0n) is 11.9. The number of nitrogens with one attached hydrogen (secondary N) is 2. The number of anilines is 1. The second-order valence-corrected chi connectivity index (χ2v) is 6.88. The summed E-state index contributed by atoms with van der Waals surface area (Å²) in [6, 6.07) is 17.0. The average molecular weight is 325 g/mol. The first kappa shape index (κ1) is 13.7. The molecule has 1 heterocycles. The van der Waals surface area contributed by atoms with E-state index in [0.29, 0.717) is 11.2 Å². The molecule has 0 radical (unpaired) electrons. The van der Waals surface area contributed by atoms with Crippen molar-refractivity contribution < 1.29 is 0 Å². The van der Waals surface area contributed by atoms with E-state index in [4.69, 9.17) is 17.2 Å². The number of rotatable bonds is 3. The maximum Gasteiger partial charge on any atom is 0.170 e. The van der Waals surface area contributed by atoms with Crippen molar-refractivity contribution in [3.8, 4) is 10.6 Å². The third-order valence-electron chi connectivity index (χ3n) is 3.57. The van der Waals surface area contributed by atoms with Gasteiger partial charge in [0.25, 0.3) is 0 Å². The van der Waals surface area contributed by atoms with Crippen LogP contribution < -0.4 is 10.6 Å². The SMILES string of the molecule is S=C(Nc1cccc(-c2nc3ccccc3s2)c1)NC1CC1. The largest absolute Gasteiger partial charge is 0.360 e. The van der Waals surface area contributed by atoms with Gasteiger partial charge in [-0.1, -0.05) is 24.3 Å². The predicted molar refractivity (Wildman–Crippen MR) is 97.4 cm³/mol. The van der Waals surface area contributed by atoms with Gasteiger partial charge in [0, 0.05) is 17.3 Å². The van der Waals surface area contributed by atoms with Crippen molar-refractivity contribution >= 4 is 44.6 Å². The van der Waals surface area contributed by atoms with Crippen molar-refractivity contribution in [2.24, 2.45) is 0 Å². The topological polar surface area (TPSA) is 37.0 Å². The summed E-state index contributed by atoms with van der Waals surface area (Å²) < 4.78 is 1.21. The van der Waals surface area contributed by atoms with E-state index >= 15 is 0 Å². The summed E-state index contributed by atoms with van der Waals surface area (Å²) in [5.41, 5.74) is 3.15. The Morgan fingerprint density at radius 1 is 1.14 bits per heavy atom. The molecule has 4 rings (SSSR count). The van der Waals surface area contributed by atoms with Crippen LogP contribution in [0.5, 0.6) is 0 Å². The van der Waals surface area contributed by atoms with Gasteiger partial charge in [-0.05, 0) is 49.3 Å². The molecule has 0 spiro atoms. The second kappa shape index (κ2) is 5.66.